The molecule has 0 aliphatic carbocycles. The van der Waals surface area contributed by atoms with E-state index in [4.69, 9.17) is 0 Å². The molecule has 7 heteroatoms. The quantitative estimate of drug-likeness (QED) is 0.871. The second-order valence-electron chi connectivity index (χ2n) is 5.73. The minimum absolute atomic E-state index is 0.282. The molecule has 5 nitrogen and oxygen atoms in total. The summed E-state index contributed by atoms with van der Waals surface area (Å²) in [7, 11) is 0. The lowest BCUT2D eigenvalue weighted by molar-refractivity contribution is -0.158. The zero-order valence-corrected chi connectivity index (χ0v) is 13.3. The number of hydrogen-bond donors (Lipinski definition) is 1. The molecule has 0 fully saturated rings. The lowest BCUT2D eigenvalue weighted by Crippen LogP contribution is -2.52. The van der Waals surface area contributed by atoms with Crippen LogP contribution in [0.25, 0.3) is 0 Å². The maximum atomic E-state index is 14.3. The molecule has 3 rings (SSSR count). The van der Waals surface area contributed by atoms with Gasteiger partial charge >= 0.3 is 11.8 Å². The molecule has 3 amide bonds. The maximum Gasteiger partial charge on any atom is 0.351 e. The standard InChI is InChI=1S/C18H14F2N2O3/c1-11-5-4-6-12(9-11)21-15(23)10-22-16(24)13-7-2-3-8-14(13)18(19,20)17(22)25/h2-9H,10H2,1H3,(H,21,23). The van der Waals surface area contributed by atoms with Gasteiger partial charge in [-0.3, -0.25) is 19.3 Å². The fraction of sp³-hybridized carbons (Fsp3) is 0.167. The number of fused-ring (bicyclic) bond motifs is 1. The van der Waals surface area contributed by atoms with E-state index < -0.39 is 35.8 Å². The lowest BCUT2D eigenvalue weighted by atomic mass is 9.95. The first kappa shape index (κ1) is 16.8. The normalized spacial score (nSPS) is 15.7. The van der Waals surface area contributed by atoms with Gasteiger partial charge in [-0.05, 0) is 30.7 Å². The molecule has 0 saturated heterocycles. The maximum absolute atomic E-state index is 14.3. The smallest absolute Gasteiger partial charge is 0.325 e. The minimum Gasteiger partial charge on any atom is -0.325 e. The molecule has 0 bridgehead atoms. The van der Waals surface area contributed by atoms with Gasteiger partial charge in [-0.2, -0.15) is 8.78 Å². The topological polar surface area (TPSA) is 66.5 Å². The summed E-state index contributed by atoms with van der Waals surface area (Å²) in [4.78, 5) is 36.8. The summed E-state index contributed by atoms with van der Waals surface area (Å²) in [6.07, 6.45) is 0. The molecule has 0 spiro atoms. The second kappa shape index (κ2) is 6.08. The van der Waals surface area contributed by atoms with E-state index in [0.29, 0.717) is 5.69 Å². The third-order valence-electron chi connectivity index (χ3n) is 3.86. The molecule has 0 saturated carbocycles. The zero-order valence-electron chi connectivity index (χ0n) is 13.3. The number of halogens is 2. The Bertz CT molecular complexity index is 880. The number of nitrogens with one attached hydrogen (secondary N) is 1. The van der Waals surface area contributed by atoms with Crippen molar-refractivity contribution in [3.63, 3.8) is 0 Å². The van der Waals surface area contributed by atoms with Crippen LogP contribution in [0.5, 0.6) is 0 Å². The van der Waals surface area contributed by atoms with Crippen LogP contribution < -0.4 is 5.32 Å². The van der Waals surface area contributed by atoms with Crippen LogP contribution in [0, 0.1) is 6.92 Å². The van der Waals surface area contributed by atoms with E-state index >= 15 is 0 Å². The first-order chi connectivity index (χ1) is 11.8. The van der Waals surface area contributed by atoms with Gasteiger partial charge in [-0.25, -0.2) is 0 Å². The monoisotopic (exact) mass is 344 g/mol. The highest BCUT2D eigenvalue weighted by atomic mass is 19.3. The van der Waals surface area contributed by atoms with Crippen molar-refractivity contribution in [2.75, 3.05) is 11.9 Å². The number of anilines is 1. The van der Waals surface area contributed by atoms with Gasteiger partial charge in [0, 0.05) is 16.8 Å². The molecule has 0 atom stereocenters. The molecular weight excluding hydrogens is 330 g/mol. The highest BCUT2D eigenvalue weighted by Crippen LogP contribution is 2.37. The van der Waals surface area contributed by atoms with E-state index in [2.05, 4.69) is 5.32 Å². The van der Waals surface area contributed by atoms with Gasteiger partial charge in [0.15, 0.2) is 0 Å². The van der Waals surface area contributed by atoms with E-state index in [1.54, 1.807) is 18.2 Å². The number of carbonyl (C=O) groups excluding carboxylic acids is 3. The summed E-state index contributed by atoms with van der Waals surface area (Å²) in [6, 6.07) is 11.8. The van der Waals surface area contributed by atoms with Crippen molar-refractivity contribution in [1.29, 1.82) is 0 Å². The molecule has 2 aromatic carbocycles. The highest BCUT2D eigenvalue weighted by Gasteiger charge is 2.52. The van der Waals surface area contributed by atoms with E-state index in [1.165, 1.54) is 18.2 Å². The van der Waals surface area contributed by atoms with Gasteiger partial charge < -0.3 is 5.32 Å². The van der Waals surface area contributed by atoms with Crippen LogP contribution in [-0.4, -0.2) is 29.2 Å². The van der Waals surface area contributed by atoms with Crippen LogP contribution in [0.3, 0.4) is 0 Å². The fourth-order valence-electron chi connectivity index (χ4n) is 2.68. The van der Waals surface area contributed by atoms with E-state index in [1.807, 2.05) is 13.0 Å². The van der Waals surface area contributed by atoms with Gasteiger partial charge in [0.1, 0.15) is 6.54 Å². The Morgan fingerprint density at radius 2 is 1.84 bits per heavy atom. The number of amides is 3. The van der Waals surface area contributed by atoms with E-state index in [0.717, 1.165) is 11.6 Å². The van der Waals surface area contributed by atoms with Crippen LogP contribution >= 0.6 is 0 Å². The van der Waals surface area contributed by atoms with Gasteiger partial charge in [-0.15, -0.1) is 0 Å². The summed E-state index contributed by atoms with van der Waals surface area (Å²) >= 11 is 0. The number of alkyl halides is 2. The molecule has 0 unspecified atom stereocenters. The van der Waals surface area contributed by atoms with Crippen molar-refractivity contribution in [2.45, 2.75) is 12.8 Å². The number of aryl methyl sites for hydroxylation is 1. The number of hydrogen-bond acceptors (Lipinski definition) is 3. The van der Waals surface area contributed by atoms with E-state index in [9.17, 15) is 23.2 Å². The Balaban J connectivity index is 1.84. The molecule has 0 aromatic heterocycles. The lowest BCUT2D eigenvalue weighted by Gasteiger charge is -2.31. The third-order valence-corrected chi connectivity index (χ3v) is 3.86. The number of benzene rings is 2. The Morgan fingerprint density at radius 1 is 1.12 bits per heavy atom. The number of rotatable bonds is 3. The first-order valence-corrected chi connectivity index (χ1v) is 7.51. The second-order valence-corrected chi connectivity index (χ2v) is 5.73. The molecule has 1 aliphatic heterocycles. The summed E-state index contributed by atoms with van der Waals surface area (Å²) < 4.78 is 28.5. The molecular formula is C18H14F2N2O3. The zero-order chi connectivity index (χ0) is 18.2. The number of imide groups is 1. The summed E-state index contributed by atoms with van der Waals surface area (Å²) in [5.74, 6) is -7.20. The van der Waals surface area contributed by atoms with Crippen molar-refractivity contribution in [1.82, 2.24) is 4.90 Å². The van der Waals surface area contributed by atoms with Gasteiger partial charge in [0.25, 0.3) is 5.91 Å². The van der Waals surface area contributed by atoms with Crippen LogP contribution in [0.1, 0.15) is 21.5 Å². The Hall–Kier alpha value is -3.09. The molecule has 1 aliphatic rings. The predicted octanol–water partition coefficient (Wildman–Crippen LogP) is 2.71. The fourth-order valence-corrected chi connectivity index (χ4v) is 2.68. The van der Waals surface area contributed by atoms with Crippen LogP contribution in [0.15, 0.2) is 48.5 Å². The van der Waals surface area contributed by atoms with Crippen molar-refractivity contribution in [3.05, 3.63) is 65.2 Å². The predicted molar refractivity (Wildman–Crippen MR) is 86.2 cm³/mol. The molecule has 25 heavy (non-hydrogen) atoms. The van der Waals surface area contributed by atoms with Gasteiger partial charge in [0.2, 0.25) is 5.91 Å². The largest absolute Gasteiger partial charge is 0.351 e. The molecule has 2 aromatic rings. The van der Waals surface area contributed by atoms with Crippen molar-refractivity contribution < 1.29 is 23.2 Å². The summed E-state index contributed by atoms with van der Waals surface area (Å²) in [5, 5.41) is 2.49. The molecule has 1 N–H and O–H groups in total. The Kier molecular flexibility index (Phi) is 4.08. The van der Waals surface area contributed by atoms with Gasteiger partial charge in [-0.1, -0.05) is 30.3 Å². The number of carbonyl (C=O) groups is 3. The third kappa shape index (κ3) is 3.00. The average Bonchev–Trinajstić information content (AvgIpc) is 2.57. The van der Waals surface area contributed by atoms with E-state index in [-0.39, 0.29) is 10.5 Å². The van der Waals surface area contributed by atoms with Crippen molar-refractivity contribution >= 4 is 23.4 Å². The average molecular weight is 344 g/mol. The summed E-state index contributed by atoms with van der Waals surface area (Å²) in [6.45, 7) is 1.04. The molecule has 1 heterocycles. The Labute approximate surface area is 142 Å². The SMILES string of the molecule is Cc1cccc(NC(=O)CN2C(=O)c3ccccc3C(F)(F)C2=O)c1. The molecule has 0 radical (unpaired) electrons. The van der Waals surface area contributed by atoms with Crippen molar-refractivity contribution in [2.24, 2.45) is 0 Å². The van der Waals surface area contributed by atoms with Crippen LogP contribution in [-0.2, 0) is 15.5 Å². The number of nitrogens with zero attached hydrogens (tertiary/aromatic N) is 1. The van der Waals surface area contributed by atoms with Crippen LogP contribution in [0.2, 0.25) is 0 Å². The van der Waals surface area contributed by atoms with Crippen molar-refractivity contribution in [3.8, 4) is 0 Å². The Morgan fingerprint density at radius 3 is 2.56 bits per heavy atom. The highest BCUT2D eigenvalue weighted by molar-refractivity contribution is 6.14. The minimum atomic E-state index is -3.85. The van der Waals surface area contributed by atoms with Gasteiger partial charge in [0.05, 0.1) is 0 Å². The van der Waals surface area contributed by atoms with Crippen LogP contribution in [0.4, 0.5) is 14.5 Å². The summed E-state index contributed by atoms with van der Waals surface area (Å²) in [5.41, 5.74) is 0.424. The first-order valence-electron chi connectivity index (χ1n) is 7.51. The molecule has 128 valence electrons.